The number of amides is 1. The van der Waals surface area contributed by atoms with E-state index >= 15 is 0 Å². The molecule has 0 saturated carbocycles. The van der Waals surface area contributed by atoms with Crippen LogP contribution in [0.4, 0.5) is 4.39 Å². The first kappa shape index (κ1) is 21.5. The second-order valence-electron chi connectivity index (χ2n) is 8.36. The minimum Gasteiger partial charge on any atom is -0.450 e. The van der Waals surface area contributed by atoms with Crippen molar-refractivity contribution in [2.45, 2.75) is 31.3 Å². The monoisotopic (exact) mass is 459 g/mol. The Labute approximate surface area is 195 Å². The lowest BCUT2D eigenvalue weighted by atomic mass is 9.96. The van der Waals surface area contributed by atoms with Gasteiger partial charge in [-0.05, 0) is 72.7 Å². The number of carbonyl (C=O) groups excluding carboxylic acids is 1. The molecule has 4 nitrogen and oxygen atoms in total. The van der Waals surface area contributed by atoms with Gasteiger partial charge in [0.1, 0.15) is 11.4 Å². The number of fused-ring (bicyclic) bond motifs is 2. The minimum atomic E-state index is -0.588. The van der Waals surface area contributed by atoms with Gasteiger partial charge in [-0.2, -0.15) is 0 Å². The van der Waals surface area contributed by atoms with Crippen LogP contribution in [-0.2, 0) is 6.54 Å². The van der Waals surface area contributed by atoms with Gasteiger partial charge in [-0.1, -0.05) is 30.3 Å². The number of hydrogen-bond acceptors (Lipinski definition) is 4. The zero-order valence-corrected chi connectivity index (χ0v) is 19.3. The van der Waals surface area contributed by atoms with Crippen molar-refractivity contribution in [3.8, 4) is 0 Å². The quantitative estimate of drug-likeness (QED) is 0.351. The molecule has 0 spiro atoms. The van der Waals surface area contributed by atoms with Crippen LogP contribution < -0.4 is 5.43 Å². The number of thioether (sulfide) groups is 1. The number of aryl methyl sites for hydroxylation is 2. The Morgan fingerprint density at radius 2 is 1.70 bits per heavy atom. The maximum absolute atomic E-state index is 13.8. The van der Waals surface area contributed by atoms with Crippen LogP contribution in [0.25, 0.3) is 11.0 Å². The predicted octanol–water partition coefficient (Wildman–Crippen LogP) is 6.02. The molecule has 1 amide bonds. The van der Waals surface area contributed by atoms with Crippen LogP contribution in [0.15, 0.2) is 74.8 Å². The van der Waals surface area contributed by atoms with E-state index in [0.29, 0.717) is 16.5 Å². The average molecular weight is 460 g/mol. The highest BCUT2D eigenvalue weighted by Crippen LogP contribution is 2.40. The molecule has 1 unspecified atom stereocenters. The molecule has 6 heteroatoms. The summed E-state index contributed by atoms with van der Waals surface area (Å²) in [6.45, 7) is 4.04. The third-order valence-electron chi connectivity index (χ3n) is 6.11. The fourth-order valence-corrected chi connectivity index (χ4v) is 5.00. The summed E-state index contributed by atoms with van der Waals surface area (Å²) in [4.78, 5) is 30.0. The molecule has 0 radical (unpaired) electrons. The van der Waals surface area contributed by atoms with Gasteiger partial charge in [0.15, 0.2) is 5.43 Å². The second kappa shape index (κ2) is 8.19. The van der Waals surface area contributed by atoms with Gasteiger partial charge in [0.05, 0.1) is 17.0 Å². The first-order valence-electron chi connectivity index (χ1n) is 10.6. The van der Waals surface area contributed by atoms with Gasteiger partial charge in [-0.25, -0.2) is 4.39 Å². The normalized spacial score (nSPS) is 15.3. The number of benzene rings is 3. The maximum atomic E-state index is 13.8. The molecule has 33 heavy (non-hydrogen) atoms. The van der Waals surface area contributed by atoms with Crippen LogP contribution in [0.5, 0.6) is 0 Å². The highest BCUT2D eigenvalue weighted by molar-refractivity contribution is 7.98. The Hall–Kier alpha value is -3.38. The summed E-state index contributed by atoms with van der Waals surface area (Å²) in [7, 11) is 0. The van der Waals surface area contributed by atoms with Crippen LogP contribution in [0.3, 0.4) is 0 Å². The molecule has 166 valence electrons. The molecule has 4 aromatic rings. The van der Waals surface area contributed by atoms with E-state index in [0.717, 1.165) is 27.1 Å². The Balaban J connectivity index is 1.73. The number of hydrogen-bond donors (Lipinski definition) is 0. The van der Waals surface area contributed by atoms with E-state index < -0.39 is 6.04 Å². The molecular weight excluding hydrogens is 437 g/mol. The lowest BCUT2D eigenvalue weighted by molar-refractivity contribution is 0.0714. The third kappa shape index (κ3) is 3.64. The molecule has 0 saturated heterocycles. The molecule has 0 N–H and O–H groups in total. The zero-order chi connectivity index (χ0) is 23.3. The second-order valence-corrected chi connectivity index (χ2v) is 9.24. The van der Waals surface area contributed by atoms with E-state index in [-0.39, 0.29) is 29.5 Å². The lowest BCUT2D eigenvalue weighted by Crippen LogP contribution is -2.29. The Kier molecular flexibility index (Phi) is 5.33. The van der Waals surface area contributed by atoms with Crippen LogP contribution >= 0.6 is 11.8 Å². The molecule has 1 atom stereocenters. The zero-order valence-electron chi connectivity index (χ0n) is 18.5. The van der Waals surface area contributed by atoms with Crippen LogP contribution in [-0.4, -0.2) is 17.1 Å². The molecule has 1 aromatic heterocycles. The smallest absolute Gasteiger partial charge is 0.291 e. The summed E-state index contributed by atoms with van der Waals surface area (Å²) < 4.78 is 19.5. The molecule has 1 aliphatic heterocycles. The van der Waals surface area contributed by atoms with E-state index in [9.17, 15) is 14.0 Å². The maximum Gasteiger partial charge on any atom is 0.291 e. The largest absolute Gasteiger partial charge is 0.450 e. The van der Waals surface area contributed by atoms with E-state index in [1.54, 1.807) is 34.9 Å². The van der Waals surface area contributed by atoms with Crippen LogP contribution in [0, 0.1) is 19.7 Å². The van der Waals surface area contributed by atoms with Gasteiger partial charge in [0, 0.05) is 11.4 Å². The molecule has 0 aliphatic carbocycles. The SMILES string of the molecule is CSc1ccc(C2c3c(oc4cc(C)cc(C)c4c3=O)C(=O)N2Cc2ccc(F)cc2)cc1. The summed E-state index contributed by atoms with van der Waals surface area (Å²) in [5, 5.41) is 0.501. The third-order valence-corrected chi connectivity index (χ3v) is 6.85. The van der Waals surface area contributed by atoms with Gasteiger partial charge in [0.2, 0.25) is 5.76 Å². The van der Waals surface area contributed by atoms with E-state index in [4.69, 9.17) is 4.42 Å². The molecular formula is C27H22FNO3S. The van der Waals surface area contributed by atoms with Crippen molar-refractivity contribution in [1.82, 2.24) is 4.90 Å². The van der Waals surface area contributed by atoms with Crippen molar-refractivity contribution in [1.29, 1.82) is 0 Å². The van der Waals surface area contributed by atoms with Crippen molar-refractivity contribution >= 4 is 28.6 Å². The first-order valence-corrected chi connectivity index (χ1v) is 11.9. The summed E-state index contributed by atoms with van der Waals surface area (Å²) in [6, 6.07) is 17.1. The van der Waals surface area contributed by atoms with Gasteiger partial charge >= 0.3 is 0 Å². The Bertz CT molecular complexity index is 1440. The van der Waals surface area contributed by atoms with Crippen molar-refractivity contribution in [2.24, 2.45) is 0 Å². The fraction of sp³-hybridized carbons (Fsp3) is 0.185. The van der Waals surface area contributed by atoms with Crippen molar-refractivity contribution in [3.63, 3.8) is 0 Å². The number of carbonyl (C=O) groups is 1. The number of nitrogens with zero attached hydrogens (tertiary/aromatic N) is 1. The minimum absolute atomic E-state index is 0.0820. The van der Waals surface area contributed by atoms with Crippen LogP contribution in [0.2, 0.25) is 0 Å². The number of rotatable bonds is 4. The predicted molar refractivity (Wildman–Crippen MR) is 128 cm³/mol. The average Bonchev–Trinajstić information content (AvgIpc) is 3.07. The Morgan fingerprint density at radius 3 is 2.36 bits per heavy atom. The topological polar surface area (TPSA) is 50.5 Å². The van der Waals surface area contributed by atoms with Crippen molar-refractivity contribution in [2.75, 3.05) is 6.26 Å². The van der Waals surface area contributed by atoms with E-state index in [1.165, 1.54) is 12.1 Å². The Morgan fingerprint density at radius 1 is 1.00 bits per heavy atom. The van der Waals surface area contributed by atoms with Gasteiger partial charge < -0.3 is 9.32 Å². The van der Waals surface area contributed by atoms with Crippen molar-refractivity contribution in [3.05, 3.63) is 110 Å². The van der Waals surface area contributed by atoms with Gasteiger partial charge in [-0.15, -0.1) is 11.8 Å². The summed E-state index contributed by atoms with van der Waals surface area (Å²) in [6.07, 6.45) is 2.00. The molecule has 5 rings (SSSR count). The molecule has 1 aliphatic rings. The molecule has 0 fully saturated rings. The molecule has 0 bridgehead atoms. The molecule has 2 heterocycles. The molecule has 3 aromatic carbocycles. The fourth-order valence-electron chi connectivity index (χ4n) is 4.60. The highest BCUT2D eigenvalue weighted by Gasteiger charge is 2.42. The van der Waals surface area contributed by atoms with Crippen LogP contribution in [0.1, 0.15) is 44.4 Å². The summed E-state index contributed by atoms with van der Waals surface area (Å²) in [5.74, 6) is -0.599. The number of halogens is 1. The van der Waals surface area contributed by atoms with Crippen molar-refractivity contribution < 1.29 is 13.6 Å². The first-order chi connectivity index (χ1) is 15.9. The standard InChI is InChI=1S/C27H22FNO3S/c1-15-12-16(2)22-21(13-15)32-26-23(25(22)30)24(18-6-10-20(33-3)11-7-18)29(27(26)31)14-17-4-8-19(28)9-5-17/h4-13,24H,14H2,1-3H3. The van der Waals surface area contributed by atoms with Gasteiger partial charge in [0.25, 0.3) is 5.91 Å². The lowest BCUT2D eigenvalue weighted by Gasteiger charge is -2.25. The van der Waals surface area contributed by atoms with E-state index in [2.05, 4.69) is 0 Å². The summed E-state index contributed by atoms with van der Waals surface area (Å²) in [5.41, 5.74) is 3.98. The highest BCUT2D eigenvalue weighted by atomic mass is 32.2. The van der Waals surface area contributed by atoms with Gasteiger partial charge in [-0.3, -0.25) is 9.59 Å². The van der Waals surface area contributed by atoms with E-state index in [1.807, 2.05) is 50.4 Å². The summed E-state index contributed by atoms with van der Waals surface area (Å²) >= 11 is 1.62.